The lowest BCUT2D eigenvalue weighted by molar-refractivity contribution is -0.149. The van der Waals surface area contributed by atoms with Gasteiger partial charge in [0.2, 0.25) is 0 Å². The van der Waals surface area contributed by atoms with E-state index in [-0.39, 0.29) is 17.6 Å². The molecule has 6 heteroatoms. The van der Waals surface area contributed by atoms with Crippen molar-refractivity contribution in [3.05, 3.63) is 59.7 Å². The van der Waals surface area contributed by atoms with Crippen molar-refractivity contribution < 1.29 is 29.2 Å². The molecule has 6 rings (SSSR count). The van der Waals surface area contributed by atoms with E-state index in [0.29, 0.717) is 22.6 Å². The number of epoxide rings is 1. The maximum atomic E-state index is 10.7. The predicted molar refractivity (Wildman–Crippen MR) is 95.1 cm³/mol. The fourth-order valence-electron chi connectivity index (χ4n) is 4.48. The number of methoxy groups -OCH3 is 1. The van der Waals surface area contributed by atoms with Gasteiger partial charge in [-0.1, -0.05) is 24.3 Å². The highest BCUT2D eigenvalue weighted by atomic mass is 16.8. The van der Waals surface area contributed by atoms with Crippen LogP contribution < -0.4 is 9.47 Å². The first-order valence-corrected chi connectivity index (χ1v) is 8.77. The van der Waals surface area contributed by atoms with Crippen LogP contribution in [0.3, 0.4) is 0 Å². The van der Waals surface area contributed by atoms with Gasteiger partial charge in [-0.3, -0.25) is 0 Å². The van der Waals surface area contributed by atoms with Crippen LogP contribution in [0.4, 0.5) is 0 Å². The molecule has 0 aromatic heterocycles. The van der Waals surface area contributed by atoms with Gasteiger partial charge in [-0.15, -0.1) is 0 Å². The summed E-state index contributed by atoms with van der Waals surface area (Å²) in [4.78, 5) is 0. The monoisotopic (exact) mass is 364 g/mol. The zero-order valence-electron chi connectivity index (χ0n) is 14.4. The van der Waals surface area contributed by atoms with Crippen LogP contribution in [0.2, 0.25) is 0 Å². The molecule has 6 nitrogen and oxygen atoms in total. The van der Waals surface area contributed by atoms with Crippen molar-refractivity contribution in [3.63, 3.8) is 0 Å². The third-order valence-corrected chi connectivity index (χ3v) is 5.64. The zero-order chi connectivity index (χ0) is 18.3. The number of aromatic hydroxyl groups is 2. The molecule has 0 radical (unpaired) electrons. The highest BCUT2D eigenvalue weighted by Crippen LogP contribution is 2.61. The maximum absolute atomic E-state index is 10.7. The van der Waals surface area contributed by atoms with E-state index < -0.39 is 18.0 Å². The smallest absolute Gasteiger partial charge is 0.311 e. The zero-order valence-corrected chi connectivity index (χ0v) is 14.4. The molecule has 1 fully saturated rings. The summed E-state index contributed by atoms with van der Waals surface area (Å²) in [6, 6.07) is 14.4. The Morgan fingerprint density at radius 2 is 1.59 bits per heavy atom. The average Bonchev–Trinajstić information content (AvgIpc) is 3.47. The van der Waals surface area contributed by atoms with Gasteiger partial charge in [0.15, 0.2) is 6.10 Å². The first-order valence-electron chi connectivity index (χ1n) is 8.77. The Balaban J connectivity index is 1.64. The van der Waals surface area contributed by atoms with Crippen LogP contribution in [-0.2, 0) is 15.3 Å². The molecule has 3 aliphatic rings. The summed E-state index contributed by atoms with van der Waals surface area (Å²) in [6.45, 7) is 0. The topological polar surface area (TPSA) is 80.7 Å². The number of hydrogen-bond donors (Lipinski definition) is 2. The summed E-state index contributed by atoms with van der Waals surface area (Å²) in [5, 5.41) is 23.1. The minimum absolute atomic E-state index is 0.00671. The summed E-state index contributed by atoms with van der Waals surface area (Å²) in [7, 11) is 1.55. The molecule has 1 saturated heterocycles. The number of phenolic OH excluding ortho intramolecular Hbond substituents is 2. The lowest BCUT2D eigenvalue weighted by Crippen LogP contribution is -2.50. The number of rotatable bonds is 1. The van der Waals surface area contributed by atoms with Crippen molar-refractivity contribution >= 4 is 10.8 Å². The second-order valence-electron chi connectivity index (χ2n) is 7.05. The molecule has 2 aliphatic heterocycles. The summed E-state index contributed by atoms with van der Waals surface area (Å²) < 4.78 is 24.2. The quantitative estimate of drug-likeness (QED) is 0.509. The average molecular weight is 364 g/mol. The van der Waals surface area contributed by atoms with Gasteiger partial charge in [-0.25, -0.2) is 0 Å². The summed E-state index contributed by atoms with van der Waals surface area (Å²) in [5.41, 5.74) is 0.780. The lowest BCUT2D eigenvalue weighted by atomic mass is 9.82. The molecular weight excluding hydrogens is 348 g/mol. The van der Waals surface area contributed by atoms with Gasteiger partial charge in [0, 0.05) is 12.7 Å². The molecular formula is C21H16O6. The van der Waals surface area contributed by atoms with Gasteiger partial charge in [0.25, 0.3) is 0 Å². The number of fused-ring (bicyclic) bond motifs is 4. The molecule has 27 heavy (non-hydrogen) atoms. The van der Waals surface area contributed by atoms with Crippen molar-refractivity contribution in [2.75, 3.05) is 7.11 Å². The molecule has 0 bridgehead atoms. The van der Waals surface area contributed by atoms with Gasteiger partial charge in [-0.05, 0) is 29.7 Å². The van der Waals surface area contributed by atoms with Crippen molar-refractivity contribution in [1.82, 2.24) is 0 Å². The Morgan fingerprint density at radius 3 is 2.26 bits per heavy atom. The minimum Gasteiger partial charge on any atom is -0.508 e. The van der Waals surface area contributed by atoms with Gasteiger partial charge in [-0.2, -0.15) is 0 Å². The van der Waals surface area contributed by atoms with Crippen LogP contribution >= 0.6 is 0 Å². The van der Waals surface area contributed by atoms with Crippen LogP contribution in [0.1, 0.15) is 17.2 Å². The molecule has 0 unspecified atom stereocenters. The molecule has 1 aliphatic carbocycles. The second kappa shape index (κ2) is 4.85. The van der Waals surface area contributed by atoms with Crippen LogP contribution in [0.15, 0.2) is 48.5 Å². The molecule has 3 aromatic rings. The summed E-state index contributed by atoms with van der Waals surface area (Å²) in [6.07, 6.45) is -1.31. The molecule has 0 amide bonds. The minimum atomic E-state index is -1.39. The second-order valence-corrected chi connectivity index (χ2v) is 7.05. The van der Waals surface area contributed by atoms with Crippen molar-refractivity contribution in [1.29, 1.82) is 0 Å². The first kappa shape index (κ1) is 15.1. The largest absolute Gasteiger partial charge is 0.508 e. The van der Waals surface area contributed by atoms with Gasteiger partial charge >= 0.3 is 5.79 Å². The fourth-order valence-corrected chi connectivity index (χ4v) is 4.48. The molecule has 2 N–H and O–H groups in total. The Hall–Kier alpha value is -2.96. The highest BCUT2D eigenvalue weighted by Gasteiger charge is 2.70. The van der Waals surface area contributed by atoms with Crippen molar-refractivity contribution in [2.24, 2.45) is 0 Å². The summed E-state index contributed by atoms with van der Waals surface area (Å²) >= 11 is 0. The van der Waals surface area contributed by atoms with Gasteiger partial charge < -0.3 is 29.2 Å². The molecule has 3 aromatic carbocycles. The Kier molecular flexibility index (Phi) is 2.72. The first-order chi connectivity index (χ1) is 13.1. The number of hydrogen-bond acceptors (Lipinski definition) is 6. The van der Waals surface area contributed by atoms with E-state index in [9.17, 15) is 10.2 Å². The molecule has 2 heterocycles. The Morgan fingerprint density at radius 1 is 0.926 bits per heavy atom. The van der Waals surface area contributed by atoms with Crippen LogP contribution in [-0.4, -0.2) is 29.5 Å². The Bertz CT molecular complexity index is 1070. The summed E-state index contributed by atoms with van der Waals surface area (Å²) in [5.74, 6) is -0.126. The van der Waals surface area contributed by atoms with E-state index in [1.807, 2.05) is 36.4 Å². The van der Waals surface area contributed by atoms with E-state index in [1.165, 1.54) is 12.1 Å². The van der Waals surface area contributed by atoms with E-state index >= 15 is 0 Å². The number of ether oxygens (including phenoxy) is 4. The van der Waals surface area contributed by atoms with E-state index in [1.54, 1.807) is 7.11 Å². The lowest BCUT2D eigenvalue weighted by Gasteiger charge is -2.42. The Labute approximate surface area is 154 Å². The fraction of sp³-hybridized carbons (Fsp3) is 0.238. The van der Waals surface area contributed by atoms with E-state index in [0.717, 1.165) is 10.8 Å². The van der Waals surface area contributed by atoms with E-state index in [4.69, 9.17) is 18.9 Å². The standard InChI is InChI=1S/C21H16O6/c1-24-18-16-11(22)8-9-12(23)17(16)21(20-19(18)25-20)26-13-6-2-4-10-5-3-7-14(27-21)15(10)13/h2-9,18-20,22-23H,1H3/t18-,19-,20-/m1/s1. The number of benzene rings is 3. The third kappa shape index (κ3) is 1.76. The maximum Gasteiger partial charge on any atom is 0.311 e. The molecule has 0 saturated carbocycles. The normalized spacial score (nSPS) is 26.0. The molecule has 136 valence electrons. The van der Waals surface area contributed by atoms with Crippen molar-refractivity contribution in [2.45, 2.75) is 24.1 Å². The third-order valence-electron chi connectivity index (χ3n) is 5.64. The molecule has 3 atom stereocenters. The van der Waals surface area contributed by atoms with Gasteiger partial charge in [0.1, 0.15) is 35.2 Å². The predicted octanol–water partition coefficient (Wildman–Crippen LogP) is 3.34. The van der Waals surface area contributed by atoms with E-state index in [2.05, 4.69) is 0 Å². The molecule has 1 spiro atoms. The SMILES string of the molecule is CO[C@@H]1c2c(O)ccc(O)c2C2(Oc3cccc4cccc(c34)O2)[C@@H]2O[C@H]12. The van der Waals surface area contributed by atoms with Gasteiger partial charge in [0.05, 0.1) is 10.9 Å². The highest BCUT2D eigenvalue weighted by molar-refractivity contribution is 5.94. The van der Waals surface area contributed by atoms with Crippen LogP contribution in [0.5, 0.6) is 23.0 Å². The van der Waals surface area contributed by atoms with Crippen LogP contribution in [0.25, 0.3) is 10.8 Å². The van der Waals surface area contributed by atoms with Crippen LogP contribution in [0, 0.1) is 0 Å². The number of phenols is 2. The van der Waals surface area contributed by atoms with Crippen molar-refractivity contribution in [3.8, 4) is 23.0 Å².